The van der Waals surface area contributed by atoms with Crippen LogP contribution in [0.15, 0.2) is 46.0 Å². The molecule has 1 aromatic carbocycles. The van der Waals surface area contributed by atoms with Crippen LogP contribution in [0.1, 0.15) is 0 Å². The van der Waals surface area contributed by atoms with Gasteiger partial charge >= 0.3 is 0 Å². The van der Waals surface area contributed by atoms with Gasteiger partial charge in [0.2, 0.25) is 0 Å². The standard InChI is InChI=1S/C9H8N2O4S/c12-7-2-1-3-8(6-7)16(13,14)11-9-4-5-15-10-9/h1-6,12H,(H,10,11). The number of aromatic hydroxyl groups is 1. The van der Waals surface area contributed by atoms with Crippen molar-refractivity contribution in [3.63, 3.8) is 0 Å². The van der Waals surface area contributed by atoms with Gasteiger partial charge in [-0.1, -0.05) is 11.2 Å². The summed E-state index contributed by atoms with van der Waals surface area (Å²) in [5.41, 5.74) is 0. The Bertz CT molecular complexity index is 577. The van der Waals surface area contributed by atoms with Crippen molar-refractivity contribution < 1.29 is 18.0 Å². The number of anilines is 1. The molecule has 0 aliphatic carbocycles. The number of benzene rings is 1. The van der Waals surface area contributed by atoms with Gasteiger partial charge in [0.1, 0.15) is 12.0 Å². The molecule has 0 bridgehead atoms. The van der Waals surface area contributed by atoms with E-state index < -0.39 is 10.0 Å². The smallest absolute Gasteiger partial charge is 0.263 e. The Morgan fingerprint density at radius 1 is 1.31 bits per heavy atom. The zero-order valence-corrected chi connectivity index (χ0v) is 8.81. The normalized spacial score (nSPS) is 11.2. The monoisotopic (exact) mass is 240 g/mol. The van der Waals surface area contributed by atoms with Gasteiger partial charge < -0.3 is 9.63 Å². The van der Waals surface area contributed by atoms with E-state index in [1.165, 1.54) is 30.5 Å². The number of nitrogens with one attached hydrogen (secondary N) is 1. The highest BCUT2D eigenvalue weighted by molar-refractivity contribution is 7.92. The molecule has 84 valence electrons. The van der Waals surface area contributed by atoms with Gasteiger partial charge in [-0.3, -0.25) is 4.72 Å². The third-order valence-electron chi connectivity index (χ3n) is 1.80. The number of phenols is 1. The zero-order chi connectivity index (χ0) is 11.6. The highest BCUT2D eigenvalue weighted by atomic mass is 32.2. The van der Waals surface area contributed by atoms with Crippen LogP contribution >= 0.6 is 0 Å². The molecule has 16 heavy (non-hydrogen) atoms. The van der Waals surface area contributed by atoms with Crippen LogP contribution in [0, 0.1) is 0 Å². The van der Waals surface area contributed by atoms with Gasteiger partial charge in [0.05, 0.1) is 4.90 Å². The summed E-state index contributed by atoms with van der Waals surface area (Å²) in [4.78, 5) is -0.0458. The molecule has 2 aromatic rings. The lowest BCUT2D eigenvalue weighted by molar-refractivity contribution is 0.423. The lowest BCUT2D eigenvalue weighted by Gasteiger charge is -2.04. The van der Waals surface area contributed by atoms with E-state index in [4.69, 9.17) is 0 Å². The first-order chi connectivity index (χ1) is 7.58. The second-order valence-corrected chi connectivity index (χ2v) is 4.67. The number of hydrogen-bond acceptors (Lipinski definition) is 5. The van der Waals surface area contributed by atoms with Gasteiger partial charge in [-0.25, -0.2) is 8.42 Å². The second-order valence-electron chi connectivity index (χ2n) is 2.99. The summed E-state index contributed by atoms with van der Waals surface area (Å²) in [5.74, 6) is -0.0358. The van der Waals surface area contributed by atoms with Crippen molar-refractivity contribution in [1.29, 1.82) is 0 Å². The van der Waals surface area contributed by atoms with Crippen molar-refractivity contribution >= 4 is 15.8 Å². The Kier molecular flexibility index (Phi) is 2.53. The topological polar surface area (TPSA) is 92.4 Å². The SMILES string of the molecule is O=S(=O)(Nc1ccon1)c1cccc(O)c1. The molecule has 0 saturated heterocycles. The molecule has 1 aromatic heterocycles. The molecule has 0 amide bonds. The van der Waals surface area contributed by atoms with Crippen LogP contribution < -0.4 is 4.72 Å². The summed E-state index contributed by atoms with van der Waals surface area (Å²) >= 11 is 0. The minimum Gasteiger partial charge on any atom is -0.508 e. The van der Waals surface area contributed by atoms with Crippen molar-refractivity contribution in [2.45, 2.75) is 4.90 Å². The molecule has 0 radical (unpaired) electrons. The quantitative estimate of drug-likeness (QED) is 0.840. The van der Waals surface area contributed by atoms with Crippen LogP contribution in [0.5, 0.6) is 5.75 Å². The first kappa shape index (κ1) is 10.5. The molecule has 6 nitrogen and oxygen atoms in total. The van der Waals surface area contributed by atoms with Gasteiger partial charge in [0, 0.05) is 12.1 Å². The average molecular weight is 240 g/mol. The van der Waals surface area contributed by atoms with E-state index in [0.29, 0.717) is 0 Å². The molecular weight excluding hydrogens is 232 g/mol. The summed E-state index contributed by atoms with van der Waals surface area (Å²) in [6.45, 7) is 0. The maximum atomic E-state index is 11.7. The first-order valence-electron chi connectivity index (χ1n) is 4.30. The molecule has 0 saturated carbocycles. The van der Waals surface area contributed by atoms with Crippen molar-refractivity contribution in [2.75, 3.05) is 4.72 Å². The summed E-state index contributed by atoms with van der Waals surface area (Å²) in [7, 11) is -3.74. The fourth-order valence-electron chi connectivity index (χ4n) is 1.11. The zero-order valence-electron chi connectivity index (χ0n) is 7.99. The average Bonchev–Trinajstić information content (AvgIpc) is 2.70. The van der Waals surface area contributed by atoms with Crippen LogP contribution in [0.3, 0.4) is 0 Å². The van der Waals surface area contributed by atoms with Crippen LogP contribution in [0.4, 0.5) is 5.82 Å². The molecule has 2 rings (SSSR count). The number of sulfonamides is 1. The van der Waals surface area contributed by atoms with Crippen molar-refractivity contribution in [2.24, 2.45) is 0 Å². The highest BCUT2D eigenvalue weighted by Gasteiger charge is 2.15. The minimum atomic E-state index is -3.74. The largest absolute Gasteiger partial charge is 0.508 e. The lowest BCUT2D eigenvalue weighted by atomic mass is 10.3. The Balaban J connectivity index is 2.33. The predicted octanol–water partition coefficient (Wildman–Crippen LogP) is 1.18. The summed E-state index contributed by atoms with van der Waals surface area (Å²) < 4.78 is 30.2. The van der Waals surface area contributed by atoms with Gasteiger partial charge in [0.15, 0.2) is 5.82 Å². The van der Waals surface area contributed by atoms with Crippen LogP contribution in [-0.4, -0.2) is 18.7 Å². The Hall–Kier alpha value is -2.02. The van der Waals surface area contributed by atoms with E-state index in [-0.39, 0.29) is 16.5 Å². The Labute approximate surface area is 91.6 Å². The maximum absolute atomic E-state index is 11.7. The van der Waals surface area contributed by atoms with E-state index >= 15 is 0 Å². The van der Waals surface area contributed by atoms with E-state index in [1.54, 1.807) is 0 Å². The molecule has 7 heteroatoms. The molecule has 0 aliphatic heterocycles. The Morgan fingerprint density at radius 2 is 2.12 bits per heavy atom. The fraction of sp³-hybridized carbons (Fsp3) is 0. The first-order valence-corrected chi connectivity index (χ1v) is 5.78. The van der Waals surface area contributed by atoms with Crippen LogP contribution in [-0.2, 0) is 10.0 Å². The van der Waals surface area contributed by atoms with E-state index in [9.17, 15) is 13.5 Å². The highest BCUT2D eigenvalue weighted by Crippen LogP contribution is 2.18. The number of phenolic OH excluding ortho intramolecular Hbond substituents is 1. The maximum Gasteiger partial charge on any atom is 0.263 e. The van der Waals surface area contributed by atoms with Crippen LogP contribution in [0.25, 0.3) is 0 Å². The summed E-state index contributed by atoms with van der Waals surface area (Å²) in [6.07, 6.45) is 1.25. The number of nitrogens with zero attached hydrogens (tertiary/aromatic N) is 1. The number of hydrogen-bond donors (Lipinski definition) is 2. The molecular formula is C9H8N2O4S. The number of aromatic nitrogens is 1. The molecule has 1 heterocycles. The molecule has 0 atom stereocenters. The molecule has 0 unspecified atom stereocenters. The molecule has 0 aliphatic rings. The minimum absolute atomic E-state index is 0.0458. The van der Waals surface area contributed by atoms with Gasteiger partial charge in [-0.05, 0) is 12.1 Å². The summed E-state index contributed by atoms with van der Waals surface area (Å²) in [6, 6.07) is 6.70. The predicted molar refractivity (Wildman–Crippen MR) is 55.4 cm³/mol. The van der Waals surface area contributed by atoms with Crippen molar-refractivity contribution in [3.05, 3.63) is 36.6 Å². The molecule has 0 fully saturated rings. The van der Waals surface area contributed by atoms with Crippen molar-refractivity contribution in [1.82, 2.24) is 5.16 Å². The molecule has 2 N–H and O–H groups in total. The van der Waals surface area contributed by atoms with Gasteiger partial charge in [-0.15, -0.1) is 0 Å². The molecule has 0 spiro atoms. The third kappa shape index (κ3) is 2.14. The number of rotatable bonds is 3. The fourth-order valence-corrected chi connectivity index (χ4v) is 2.14. The van der Waals surface area contributed by atoms with Gasteiger partial charge in [0.25, 0.3) is 10.0 Å². The summed E-state index contributed by atoms with van der Waals surface area (Å²) in [5, 5.41) is 12.6. The van der Waals surface area contributed by atoms with Crippen molar-refractivity contribution in [3.8, 4) is 5.75 Å². The van der Waals surface area contributed by atoms with E-state index in [2.05, 4.69) is 14.4 Å². The van der Waals surface area contributed by atoms with E-state index in [1.807, 2.05) is 0 Å². The second kappa shape index (κ2) is 3.86. The van der Waals surface area contributed by atoms with Crippen LogP contribution in [0.2, 0.25) is 0 Å². The van der Waals surface area contributed by atoms with E-state index in [0.717, 1.165) is 6.07 Å². The third-order valence-corrected chi connectivity index (χ3v) is 3.16. The Morgan fingerprint density at radius 3 is 2.75 bits per heavy atom. The van der Waals surface area contributed by atoms with Gasteiger partial charge in [-0.2, -0.15) is 0 Å². The lowest BCUT2D eigenvalue weighted by Crippen LogP contribution is -2.12.